The number of hydrogen-bond donors (Lipinski definition) is 2. The molecule has 0 spiro atoms. The van der Waals surface area contributed by atoms with E-state index in [0.717, 1.165) is 28.9 Å². The normalized spacial score (nSPS) is 10.2. The van der Waals surface area contributed by atoms with Crippen molar-refractivity contribution in [3.8, 4) is 0 Å². The Bertz CT molecular complexity index is 752. The first-order valence-electron chi connectivity index (χ1n) is 8.36. The molecule has 0 aliphatic rings. The predicted molar refractivity (Wildman–Crippen MR) is 103 cm³/mol. The standard InChI is InChI=1S/C20H25N3O2/c1-5-15-8-6-7-14(2)20(15)22-19(25)13-18(24)21-16-9-11-17(12-10-16)23(3)4/h6-12H,5,13H2,1-4H3,(H,21,24)(H,22,25). The average Bonchev–Trinajstić information content (AvgIpc) is 2.57. The minimum atomic E-state index is -0.332. The highest BCUT2D eigenvalue weighted by molar-refractivity contribution is 6.08. The van der Waals surface area contributed by atoms with Crippen LogP contribution in [0.3, 0.4) is 0 Å². The number of nitrogens with one attached hydrogen (secondary N) is 2. The molecule has 0 aliphatic heterocycles. The number of anilines is 3. The molecular weight excluding hydrogens is 314 g/mol. The van der Waals surface area contributed by atoms with Gasteiger partial charge >= 0.3 is 0 Å². The number of carbonyl (C=O) groups is 2. The lowest BCUT2D eigenvalue weighted by atomic mass is 10.1. The fourth-order valence-electron chi connectivity index (χ4n) is 2.58. The van der Waals surface area contributed by atoms with Gasteiger partial charge in [0.05, 0.1) is 0 Å². The van der Waals surface area contributed by atoms with Crippen LogP contribution in [0.25, 0.3) is 0 Å². The van der Waals surface area contributed by atoms with Gasteiger partial charge in [-0.15, -0.1) is 0 Å². The Labute approximate surface area is 149 Å². The minimum Gasteiger partial charge on any atom is -0.378 e. The summed E-state index contributed by atoms with van der Waals surface area (Å²) in [5, 5.41) is 5.61. The zero-order chi connectivity index (χ0) is 18.4. The van der Waals surface area contributed by atoms with Gasteiger partial charge in [0.2, 0.25) is 11.8 Å². The largest absolute Gasteiger partial charge is 0.378 e. The SMILES string of the molecule is CCc1cccc(C)c1NC(=O)CC(=O)Nc1ccc(N(C)C)cc1. The summed E-state index contributed by atoms with van der Waals surface area (Å²) in [5.41, 5.74) is 4.58. The molecule has 5 heteroatoms. The van der Waals surface area contributed by atoms with Crippen LogP contribution in [0.2, 0.25) is 0 Å². The van der Waals surface area contributed by atoms with Gasteiger partial charge in [-0.25, -0.2) is 0 Å². The predicted octanol–water partition coefficient (Wildman–Crippen LogP) is 3.59. The molecule has 0 bridgehead atoms. The van der Waals surface area contributed by atoms with Crippen LogP contribution in [0.5, 0.6) is 0 Å². The van der Waals surface area contributed by atoms with Gasteiger partial charge in [0.15, 0.2) is 0 Å². The number of para-hydroxylation sites is 1. The van der Waals surface area contributed by atoms with E-state index >= 15 is 0 Å². The maximum atomic E-state index is 12.2. The van der Waals surface area contributed by atoms with Crippen molar-refractivity contribution in [1.29, 1.82) is 0 Å². The van der Waals surface area contributed by atoms with E-state index in [4.69, 9.17) is 0 Å². The van der Waals surface area contributed by atoms with Crippen molar-refractivity contribution in [3.63, 3.8) is 0 Å². The second-order valence-corrected chi connectivity index (χ2v) is 6.18. The van der Waals surface area contributed by atoms with E-state index < -0.39 is 0 Å². The van der Waals surface area contributed by atoms with E-state index in [1.54, 1.807) is 0 Å². The summed E-state index contributed by atoms with van der Waals surface area (Å²) in [6.45, 7) is 3.98. The number of rotatable bonds is 6. The lowest BCUT2D eigenvalue weighted by Crippen LogP contribution is -2.22. The zero-order valence-electron chi connectivity index (χ0n) is 15.2. The fourth-order valence-corrected chi connectivity index (χ4v) is 2.58. The van der Waals surface area contributed by atoms with Crippen LogP contribution in [0, 0.1) is 6.92 Å². The average molecular weight is 339 g/mol. The molecule has 0 saturated heterocycles. The first-order chi connectivity index (χ1) is 11.9. The van der Waals surface area contributed by atoms with Crippen LogP contribution in [-0.2, 0) is 16.0 Å². The smallest absolute Gasteiger partial charge is 0.233 e. The van der Waals surface area contributed by atoms with Crippen molar-refractivity contribution >= 4 is 28.9 Å². The van der Waals surface area contributed by atoms with E-state index in [0.29, 0.717) is 5.69 Å². The summed E-state index contributed by atoms with van der Waals surface area (Å²) < 4.78 is 0. The molecule has 0 atom stereocenters. The van der Waals surface area contributed by atoms with Crippen LogP contribution in [0.1, 0.15) is 24.5 Å². The van der Waals surface area contributed by atoms with Gasteiger partial charge in [0, 0.05) is 31.2 Å². The number of amides is 2. The number of benzene rings is 2. The van der Waals surface area contributed by atoms with Crippen molar-refractivity contribution in [1.82, 2.24) is 0 Å². The number of hydrogen-bond acceptors (Lipinski definition) is 3. The molecule has 25 heavy (non-hydrogen) atoms. The quantitative estimate of drug-likeness (QED) is 0.791. The van der Waals surface area contributed by atoms with E-state index in [2.05, 4.69) is 10.6 Å². The van der Waals surface area contributed by atoms with Crippen LogP contribution in [0.4, 0.5) is 17.1 Å². The van der Waals surface area contributed by atoms with Crippen LogP contribution < -0.4 is 15.5 Å². The van der Waals surface area contributed by atoms with E-state index in [9.17, 15) is 9.59 Å². The highest BCUT2D eigenvalue weighted by Gasteiger charge is 2.13. The molecule has 2 amide bonds. The molecule has 132 valence electrons. The monoisotopic (exact) mass is 339 g/mol. The van der Waals surface area contributed by atoms with Gasteiger partial charge in [-0.2, -0.15) is 0 Å². The molecule has 2 rings (SSSR count). The third-order valence-corrected chi connectivity index (χ3v) is 3.99. The number of aryl methyl sites for hydroxylation is 2. The zero-order valence-corrected chi connectivity index (χ0v) is 15.2. The van der Waals surface area contributed by atoms with Crippen molar-refractivity contribution < 1.29 is 9.59 Å². The van der Waals surface area contributed by atoms with Crippen LogP contribution in [0.15, 0.2) is 42.5 Å². The molecule has 0 heterocycles. The number of carbonyl (C=O) groups excluding carboxylic acids is 2. The molecule has 2 aromatic carbocycles. The minimum absolute atomic E-state index is 0.215. The lowest BCUT2D eigenvalue weighted by Gasteiger charge is -2.14. The summed E-state index contributed by atoms with van der Waals surface area (Å²) in [5.74, 6) is -0.645. The molecule has 2 N–H and O–H groups in total. The third kappa shape index (κ3) is 5.08. The molecule has 2 aromatic rings. The van der Waals surface area contributed by atoms with Gasteiger partial charge in [-0.05, 0) is 48.7 Å². The van der Waals surface area contributed by atoms with Gasteiger partial charge in [0.1, 0.15) is 6.42 Å². The van der Waals surface area contributed by atoms with Gasteiger partial charge < -0.3 is 15.5 Å². The Morgan fingerprint density at radius 3 is 2.20 bits per heavy atom. The van der Waals surface area contributed by atoms with Crippen molar-refractivity contribution in [2.24, 2.45) is 0 Å². The molecule has 0 aromatic heterocycles. The highest BCUT2D eigenvalue weighted by Crippen LogP contribution is 2.21. The second kappa shape index (κ2) is 8.33. The van der Waals surface area contributed by atoms with Crippen molar-refractivity contribution in [3.05, 3.63) is 53.6 Å². The molecule has 0 radical (unpaired) electrons. The number of nitrogens with zero attached hydrogens (tertiary/aromatic N) is 1. The van der Waals surface area contributed by atoms with Crippen LogP contribution in [-0.4, -0.2) is 25.9 Å². The lowest BCUT2D eigenvalue weighted by molar-refractivity contribution is -0.123. The Morgan fingerprint density at radius 1 is 0.960 bits per heavy atom. The molecule has 0 saturated carbocycles. The van der Waals surface area contributed by atoms with Gasteiger partial charge in [-0.3, -0.25) is 9.59 Å². The maximum Gasteiger partial charge on any atom is 0.233 e. The Kier molecular flexibility index (Phi) is 6.17. The topological polar surface area (TPSA) is 61.4 Å². The first-order valence-corrected chi connectivity index (χ1v) is 8.36. The van der Waals surface area contributed by atoms with E-state index in [1.807, 2.05) is 75.3 Å². The maximum absolute atomic E-state index is 12.2. The molecular formula is C20H25N3O2. The summed E-state index contributed by atoms with van der Waals surface area (Å²) in [7, 11) is 3.90. The summed E-state index contributed by atoms with van der Waals surface area (Å²) in [6.07, 6.45) is 0.606. The van der Waals surface area contributed by atoms with Crippen LogP contribution >= 0.6 is 0 Å². The summed E-state index contributed by atoms with van der Waals surface area (Å²) in [4.78, 5) is 26.3. The Balaban J connectivity index is 1.95. The fraction of sp³-hybridized carbons (Fsp3) is 0.300. The first kappa shape index (κ1) is 18.5. The van der Waals surface area contributed by atoms with E-state index in [1.165, 1.54) is 0 Å². The second-order valence-electron chi connectivity index (χ2n) is 6.18. The van der Waals surface area contributed by atoms with E-state index in [-0.39, 0.29) is 18.2 Å². The molecule has 0 fully saturated rings. The van der Waals surface area contributed by atoms with Crippen molar-refractivity contribution in [2.75, 3.05) is 29.6 Å². The third-order valence-electron chi connectivity index (χ3n) is 3.99. The Hall–Kier alpha value is -2.82. The molecule has 0 aliphatic carbocycles. The highest BCUT2D eigenvalue weighted by atomic mass is 16.2. The summed E-state index contributed by atoms with van der Waals surface area (Å²) >= 11 is 0. The molecule has 5 nitrogen and oxygen atoms in total. The Morgan fingerprint density at radius 2 is 1.60 bits per heavy atom. The van der Waals surface area contributed by atoms with Gasteiger partial charge in [0.25, 0.3) is 0 Å². The molecule has 0 unspecified atom stereocenters. The van der Waals surface area contributed by atoms with Gasteiger partial charge in [-0.1, -0.05) is 25.1 Å². The summed E-state index contributed by atoms with van der Waals surface area (Å²) in [6, 6.07) is 13.4. The van der Waals surface area contributed by atoms with Crippen molar-refractivity contribution in [2.45, 2.75) is 26.7 Å².